The molecule has 0 aliphatic heterocycles. The van der Waals surface area contributed by atoms with Crippen molar-refractivity contribution < 1.29 is 9.53 Å². The summed E-state index contributed by atoms with van der Waals surface area (Å²) in [5, 5.41) is 0.102. The Kier molecular flexibility index (Phi) is 3.30. The highest BCUT2D eigenvalue weighted by molar-refractivity contribution is 6.32. The molecule has 0 radical (unpaired) electrons. The molecular weight excluding hydrogens is 204 g/mol. The molecule has 2 N–H and O–H groups in total. The van der Waals surface area contributed by atoms with Gasteiger partial charge in [0.2, 0.25) is 0 Å². The van der Waals surface area contributed by atoms with Gasteiger partial charge < -0.3 is 10.5 Å². The lowest BCUT2D eigenvalue weighted by Gasteiger charge is -2.08. The number of anilines is 1. The SMILES string of the molecule is CC(C)OC(=O)c1cc(N)cnc1Cl. The number of carbonyl (C=O) groups excluding carboxylic acids is 1. The predicted octanol–water partition coefficient (Wildman–Crippen LogP) is 1.88. The highest BCUT2D eigenvalue weighted by Gasteiger charge is 2.14. The summed E-state index contributed by atoms with van der Waals surface area (Å²) in [6.07, 6.45) is 1.19. The van der Waals surface area contributed by atoms with E-state index in [0.29, 0.717) is 5.69 Å². The summed E-state index contributed by atoms with van der Waals surface area (Å²) in [7, 11) is 0. The molecule has 0 amide bonds. The molecule has 1 heterocycles. The molecule has 76 valence electrons. The Morgan fingerprint density at radius 3 is 2.86 bits per heavy atom. The molecule has 0 atom stereocenters. The minimum absolute atomic E-state index is 0.102. The molecule has 5 heteroatoms. The molecule has 0 bridgehead atoms. The quantitative estimate of drug-likeness (QED) is 0.603. The van der Waals surface area contributed by atoms with E-state index < -0.39 is 5.97 Å². The number of nitrogens with two attached hydrogens (primary N) is 1. The molecular formula is C9H11ClN2O2. The van der Waals surface area contributed by atoms with Crippen molar-refractivity contribution in [2.24, 2.45) is 0 Å². The van der Waals surface area contributed by atoms with E-state index in [1.54, 1.807) is 13.8 Å². The van der Waals surface area contributed by atoms with Crippen LogP contribution in [0.5, 0.6) is 0 Å². The van der Waals surface area contributed by atoms with Crippen molar-refractivity contribution in [2.75, 3.05) is 5.73 Å². The van der Waals surface area contributed by atoms with Crippen LogP contribution in [0.2, 0.25) is 5.15 Å². The highest BCUT2D eigenvalue weighted by atomic mass is 35.5. The Labute approximate surface area is 87.0 Å². The molecule has 0 unspecified atom stereocenters. The second kappa shape index (κ2) is 4.28. The minimum Gasteiger partial charge on any atom is -0.459 e. The van der Waals surface area contributed by atoms with Gasteiger partial charge in [-0.2, -0.15) is 0 Å². The zero-order valence-electron chi connectivity index (χ0n) is 7.95. The van der Waals surface area contributed by atoms with Gasteiger partial charge in [0, 0.05) is 0 Å². The molecule has 4 nitrogen and oxygen atoms in total. The standard InChI is InChI=1S/C9H11ClN2O2/c1-5(2)14-9(13)7-3-6(11)4-12-8(7)10/h3-5H,11H2,1-2H3. The highest BCUT2D eigenvalue weighted by Crippen LogP contribution is 2.17. The van der Waals surface area contributed by atoms with Gasteiger partial charge in [-0.3, -0.25) is 0 Å². The number of carbonyl (C=O) groups is 1. The Morgan fingerprint density at radius 1 is 1.64 bits per heavy atom. The Morgan fingerprint density at radius 2 is 2.29 bits per heavy atom. The molecule has 1 aromatic rings. The molecule has 1 aromatic heterocycles. The van der Waals surface area contributed by atoms with E-state index in [1.807, 2.05) is 0 Å². The Bertz CT molecular complexity index is 353. The smallest absolute Gasteiger partial charge is 0.341 e. The first-order valence-electron chi connectivity index (χ1n) is 4.12. The van der Waals surface area contributed by atoms with Gasteiger partial charge in [0.15, 0.2) is 0 Å². The van der Waals surface area contributed by atoms with Crippen molar-refractivity contribution >= 4 is 23.3 Å². The first-order chi connectivity index (χ1) is 6.50. The summed E-state index contributed by atoms with van der Waals surface area (Å²) < 4.78 is 4.95. The van der Waals surface area contributed by atoms with Crippen LogP contribution < -0.4 is 5.73 Å². The van der Waals surface area contributed by atoms with Crippen LogP contribution in [0.15, 0.2) is 12.3 Å². The molecule has 1 rings (SSSR count). The lowest BCUT2D eigenvalue weighted by molar-refractivity contribution is 0.0377. The first-order valence-corrected chi connectivity index (χ1v) is 4.50. The number of esters is 1. The van der Waals surface area contributed by atoms with Gasteiger partial charge >= 0.3 is 5.97 Å². The molecule has 0 fully saturated rings. The summed E-state index contributed by atoms with van der Waals surface area (Å²) in [6, 6.07) is 1.44. The second-order valence-corrected chi connectivity index (χ2v) is 3.42. The molecule has 0 aromatic carbocycles. The molecule has 0 spiro atoms. The van der Waals surface area contributed by atoms with Crippen molar-refractivity contribution in [1.29, 1.82) is 0 Å². The van der Waals surface area contributed by atoms with E-state index in [9.17, 15) is 4.79 Å². The third kappa shape index (κ3) is 2.60. The third-order valence-corrected chi connectivity index (χ3v) is 1.72. The zero-order valence-corrected chi connectivity index (χ0v) is 8.71. The number of hydrogen-bond acceptors (Lipinski definition) is 4. The van der Waals surface area contributed by atoms with Crippen LogP contribution in [-0.2, 0) is 4.74 Å². The van der Waals surface area contributed by atoms with Gasteiger partial charge in [0.05, 0.1) is 23.6 Å². The monoisotopic (exact) mass is 214 g/mol. The van der Waals surface area contributed by atoms with Crippen molar-refractivity contribution in [2.45, 2.75) is 20.0 Å². The van der Waals surface area contributed by atoms with Crippen LogP contribution in [0.1, 0.15) is 24.2 Å². The fourth-order valence-electron chi connectivity index (χ4n) is 0.885. The lowest BCUT2D eigenvalue weighted by atomic mass is 10.2. The zero-order chi connectivity index (χ0) is 10.7. The fourth-order valence-corrected chi connectivity index (χ4v) is 1.07. The molecule has 0 saturated heterocycles. The number of nitrogens with zero attached hydrogens (tertiary/aromatic N) is 1. The van der Waals surface area contributed by atoms with Crippen LogP contribution in [-0.4, -0.2) is 17.1 Å². The van der Waals surface area contributed by atoms with E-state index >= 15 is 0 Å². The lowest BCUT2D eigenvalue weighted by Crippen LogP contribution is -2.12. The maximum Gasteiger partial charge on any atom is 0.341 e. The molecule has 0 aliphatic rings. The van der Waals surface area contributed by atoms with Crippen LogP contribution in [0.25, 0.3) is 0 Å². The van der Waals surface area contributed by atoms with Crippen molar-refractivity contribution in [3.8, 4) is 0 Å². The summed E-state index contributed by atoms with van der Waals surface area (Å²) in [6.45, 7) is 3.51. The average molecular weight is 215 g/mol. The van der Waals surface area contributed by atoms with Crippen LogP contribution in [0, 0.1) is 0 Å². The van der Waals surface area contributed by atoms with Gasteiger partial charge in [-0.1, -0.05) is 11.6 Å². The van der Waals surface area contributed by atoms with Crippen molar-refractivity contribution in [3.05, 3.63) is 23.0 Å². The number of hydrogen-bond donors (Lipinski definition) is 1. The molecule has 0 aliphatic carbocycles. The largest absolute Gasteiger partial charge is 0.459 e. The first kappa shape index (κ1) is 10.8. The van der Waals surface area contributed by atoms with Crippen molar-refractivity contribution in [1.82, 2.24) is 4.98 Å². The second-order valence-electron chi connectivity index (χ2n) is 3.06. The van der Waals surface area contributed by atoms with E-state index in [0.717, 1.165) is 0 Å². The molecule has 0 saturated carbocycles. The summed E-state index contributed by atoms with van der Waals surface area (Å²) in [4.78, 5) is 15.2. The van der Waals surface area contributed by atoms with Crippen molar-refractivity contribution in [3.63, 3.8) is 0 Å². The minimum atomic E-state index is -0.509. The van der Waals surface area contributed by atoms with Gasteiger partial charge in [0.25, 0.3) is 0 Å². The van der Waals surface area contributed by atoms with Gasteiger partial charge in [-0.05, 0) is 19.9 Å². The molecule has 14 heavy (non-hydrogen) atoms. The van der Waals surface area contributed by atoms with E-state index in [2.05, 4.69) is 4.98 Å². The topological polar surface area (TPSA) is 65.2 Å². The maximum atomic E-state index is 11.4. The average Bonchev–Trinajstić information content (AvgIpc) is 2.08. The number of nitrogen functional groups attached to an aromatic ring is 1. The third-order valence-electron chi connectivity index (χ3n) is 1.42. The van der Waals surface area contributed by atoms with E-state index in [1.165, 1.54) is 12.3 Å². The fraction of sp³-hybridized carbons (Fsp3) is 0.333. The summed E-state index contributed by atoms with van der Waals surface area (Å²) in [5.74, 6) is -0.509. The summed E-state index contributed by atoms with van der Waals surface area (Å²) in [5.41, 5.74) is 6.04. The number of aromatic nitrogens is 1. The number of pyridine rings is 1. The van der Waals surface area contributed by atoms with Crippen LogP contribution in [0.4, 0.5) is 5.69 Å². The Balaban J connectivity index is 2.94. The number of ether oxygens (including phenoxy) is 1. The van der Waals surface area contributed by atoms with Gasteiger partial charge in [0.1, 0.15) is 5.15 Å². The maximum absolute atomic E-state index is 11.4. The van der Waals surface area contributed by atoms with Crippen LogP contribution >= 0.6 is 11.6 Å². The Hall–Kier alpha value is -1.29. The predicted molar refractivity (Wildman–Crippen MR) is 54.2 cm³/mol. The van der Waals surface area contributed by atoms with E-state index in [4.69, 9.17) is 22.1 Å². The number of rotatable bonds is 2. The van der Waals surface area contributed by atoms with Gasteiger partial charge in [-0.25, -0.2) is 9.78 Å². The number of halogens is 1. The normalized spacial score (nSPS) is 10.3. The summed E-state index contributed by atoms with van der Waals surface area (Å²) >= 11 is 5.71. The van der Waals surface area contributed by atoms with E-state index in [-0.39, 0.29) is 16.8 Å². The van der Waals surface area contributed by atoms with Gasteiger partial charge in [-0.15, -0.1) is 0 Å². The van der Waals surface area contributed by atoms with Crippen LogP contribution in [0.3, 0.4) is 0 Å².